The van der Waals surface area contributed by atoms with E-state index in [4.69, 9.17) is 16.7 Å². The Morgan fingerprint density at radius 3 is 2.57 bits per heavy atom. The van der Waals surface area contributed by atoms with Crippen LogP contribution in [0.15, 0.2) is 59.5 Å². The second-order valence-electron chi connectivity index (χ2n) is 5.90. The van der Waals surface area contributed by atoms with Gasteiger partial charge in [-0.2, -0.15) is 0 Å². The van der Waals surface area contributed by atoms with E-state index < -0.39 is 17.1 Å². The number of carboxylic acid groups (broad SMARTS) is 1. The van der Waals surface area contributed by atoms with Gasteiger partial charge >= 0.3 is 5.97 Å². The zero-order chi connectivity index (χ0) is 20.7. The van der Waals surface area contributed by atoms with Gasteiger partial charge in [-0.3, -0.25) is 9.59 Å². The van der Waals surface area contributed by atoms with Crippen molar-refractivity contribution in [1.82, 2.24) is 0 Å². The first-order valence-electron chi connectivity index (χ1n) is 8.30. The van der Waals surface area contributed by atoms with Gasteiger partial charge in [-0.1, -0.05) is 23.7 Å². The molecule has 2 aromatic carbocycles. The van der Waals surface area contributed by atoms with Crippen molar-refractivity contribution in [1.29, 1.82) is 0 Å². The van der Waals surface area contributed by atoms with Gasteiger partial charge in [-0.25, -0.2) is 4.79 Å². The lowest BCUT2D eigenvalue weighted by Crippen LogP contribution is -2.22. The highest BCUT2D eigenvalue weighted by atomic mass is 35.5. The van der Waals surface area contributed by atoms with Crippen LogP contribution in [0.25, 0.3) is 0 Å². The number of carboxylic acids is 1. The molecule has 0 saturated heterocycles. The van der Waals surface area contributed by atoms with Crippen LogP contribution in [0.3, 0.4) is 0 Å². The Morgan fingerprint density at radius 1 is 1.11 bits per heavy atom. The molecule has 0 fully saturated rings. The summed E-state index contributed by atoms with van der Waals surface area (Å²) in [6, 6.07) is 12.2. The summed E-state index contributed by atoms with van der Waals surface area (Å²) < 4.78 is 0. The largest absolute Gasteiger partial charge is 0.478 e. The normalized spacial score (nSPS) is 11.8. The first-order chi connectivity index (χ1) is 13.2. The number of aryl methyl sites for hydroxylation is 1. The monoisotopic (exact) mass is 418 g/mol. The number of nitrogens with one attached hydrogen (secondary N) is 2. The lowest BCUT2D eigenvalue weighted by Gasteiger charge is -2.14. The van der Waals surface area contributed by atoms with Crippen molar-refractivity contribution in [2.75, 3.05) is 10.6 Å². The van der Waals surface area contributed by atoms with Crippen LogP contribution in [0.4, 0.5) is 11.4 Å². The number of hydrogen-bond acceptors (Lipinski definition) is 4. The lowest BCUT2D eigenvalue weighted by atomic mass is 10.2. The van der Waals surface area contributed by atoms with Crippen molar-refractivity contribution < 1.29 is 19.5 Å². The Morgan fingerprint density at radius 2 is 1.86 bits per heavy atom. The van der Waals surface area contributed by atoms with Crippen molar-refractivity contribution >= 4 is 52.5 Å². The minimum Gasteiger partial charge on any atom is -0.478 e. The van der Waals surface area contributed by atoms with E-state index in [1.54, 1.807) is 37.3 Å². The molecule has 0 aromatic heterocycles. The Balaban J connectivity index is 2.00. The quantitative estimate of drug-likeness (QED) is 0.459. The highest BCUT2D eigenvalue weighted by molar-refractivity contribution is 8.00. The molecule has 6 nitrogen and oxygen atoms in total. The molecule has 28 heavy (non-hydrogen) atoms. The number of aliphatic carboxylic acids is 1. The number of benzene rings is 2. The molecular formula is C20H19ClN2O4S. The summed E-state index contributed by atoms with van der Waals surface area (Å²) in [6.45, 7) is 3.66. The summed E-state index contributed by atoms with van der Waals surface area (Å²) in [6.07, 6.45) is 1.70. The van der Waals surface area contributed by atoms with Crippen molar-refractivity contribution in [2.24, 2.45) is 0 Å². The second kappa shape index (κ2) is 9.96. The summed E-state index contributed by atoms with van der Waals surface area (Å²) in [7, 11) is 0. The molecule has 2 amide bonds. The zero-order valence-corrected chi connectivity index (χ0v) is 16.8. The summed E-state index contributed by atoms with van der Waals surface area (Å²) in [5.74, 6) is -1.92. The topological polar surface area (TPSA) is 95.5 Å². The molecule has 2 aromatic rings. The average molecular weight is 419 g/mol. The number of anilines is 2. The molecule has 0 aliphatic rings. The third kappa shape index (κ3) is 6.75. The minimum atomic E-state index is -1.20. The smallest absolute Gasteiger partial charge is 0.328 e. The van der Waals surface area contributed by atoms with Crippen LogP contribution in [-0.2, 0) is 14.4 Å². The number of carbonyl (C=O) groups is 3. The van der Waals surface area contributed by atoms with Gasteiger partial charge < -0.3 is 15.7 Å². The van der Waals surface area contributed by atoms with Gasteiger partial charge in [0.2, 0.25) is 11.8 Å². The molecule has 8 heteroatoms. The molecule has 0 radical (unpaired) electrons. The van der Waals surface area contributed by atoms with Crippen LogP contribution in [0.2, 0.25) is 5.02 Å². The number of hydrogen-bond donors (Lipinski definition) is 3. The molecule has 0 aliphatic heterocycles. The maximum atomic E-state index is 12.5. The summed E-state index contributed by atoms with van der Waals surface area (Å²) >= 11 is 7.31. The number of carbonyl (C=O) groups excluding carboxylic acids is 2. The van der Waals surface area contributed by atoms with Crippen LogP contribution in [0, 0.1) is 6.92 Å². The zero-order valence-electron chi connectivity index (χ0n) is 15.2. The van der Waals surface area contributed by atoms with Crippen molar-refractivity contribution in [3.05, 3.63) is 65.2 Å². The predicted molar refractivity (Wildman–Crippen MR) is 112 cm³/mol. The Bertz CT molecular complexity index is 930. The van der Waals surface area contributed by atoms with Crippen LogP contribution >= 0.6 is 23.4 Å². The Hall–Kier alpha value is -2.77. The summed E-state index contributed by atoms with van der Waals surface area (Å²) in [4.78, 5) is 35.4. The van der Waals surface area contributed by atoms with Crippen LogP contribution in [0.5, 0.6) is 0 Å². The maximum Gasteiger partial charge on any atom is 0.328 e. The van der Waals surface area contributed by atoms with Gasteiger partial charge in [0.25, 0.3) is 0 Å². The lowest BCUT2D eigenvalue weighted by molar-refractivity contribution is -0.131. The molecule has 2 rings (SSSR count). The number of rotatable bonds is 7. The molecule has 0 spiro atoms. The van der Waals surface area contributed by atoms with Gasteiger partial charge in [-0.05, 0) is 49.7 Å². The fraction of sp³-hybridized carbons (Fsp3) is 0.150. The van der Waals surface area contributed by atoms with Gasteiger partial charge in [0.05, 0.1) is 5.25 Å². The van der Waals surface area contributed by atoms with Gasteiger partial charge in [-0.15, -0.1) is 11.8 Å². The van der Waals surface area contributed by atoms with E-state index in [1.807, 2.05) is 19.1 Å². The molecule has 146 valence electrons. The SMILES string of the molecule is Cc1ccc(Cl)cc1NC(=O)C(C)Sc1cccc(NC(=O)/C=C/C(=O)O)c1. The summed E-state index contributed by atoms with van der Waals surface area (Å²) in [5.41, 5.74) is 2.08. The van der Waals surface area contributed by atoms with E-state index in [9.17, 15) is 14.4 Å². The van der Waals surface area contributed by atoms with E-state index in [0.717, 1.165) is 22.6 Å². The van der Waals surface area contributed by atoms with Gasteiger partial charge in [0.15, 0.2) is 0 Å². The van der Waals surface area contributed by atoms with Crippen molar-refractivity contribution in [3.8, 4) is 0 Å². The third-order valence-corrected chi connectivity index (χ3v) is 4.95. The molecule has 1 unspecified atom stereocenters. The molecule has 0 aliphatic carbocycles. The van der Waals surface area contributed by atoms with Crippen molar-refractivity contribution in [2.45, 2.75) is 24.0 Å². The molecule has 1 atom stereocenters. The van der Waals surface area contributed by atoms with E-state index in [-0.39, 0.29) is 5.91 Å². The standard InChI is InChI=1S/C20H19ClN2O4S/c1-12-6-7-14(21)10-17(12)23-20(27)13(2)28-16-5-3-4-15(11-16)22-18(24)8-9-19(25)26/h3-11,13H,1-2H3,(H,22,24)(H,23,27)(H,25,26)/b9-8+. The van der Waals surface area contributed by atoms with E-state index in [1.165, 1.54) is 11.8 Å². The number of amides is 2. The Labute approximate surface area is 172 Å². The van der Waals surface area contributed by atoms with E-state index in [2.05, 4.69) is 10.6 Å². The van der Waals surface area contributed by atoms with Crippen LogP contribution < -0.4 is 10.6 Å². The molecule has 0 heterocycles. The predicted octanol–water partition coefficient (Wildman–Crippen LogP) is 4.35. The first-order valence-corrected chi connectivity index (χ1v) is 9.56. The molecular weight excluding hydrogens is 400 g/mol. The Kier molecular flexibility index (Phi) is 7.66. The highest BCUT2D eigenvalue weighted by Gasteiger charge is 2.16. The molecule has 0 saturated carbocycles. The minimum absolute atomic E-state index is 0.172. The van der Waals surface area contributed by atoms with E-state index >= 15 is 0 Å². The maximum absolute atomic E-state index is 12.5. The van der Waals surface area contributed by atoms with Crippen LogP contribution in [0.1, 0.15) is 12.5 Å². The second-order valence-corrected chi connectivity index (χ2v) is 7.75. The van der Waals surface area contributed by atoms with Gasteiger partial charge in [0, 0.05) is 33.4 Å². The highest BCUT2D eigenvalue weighted by Crippen LogP contribution is 2.27. The number of halogens is 1. The third-order valence-electron chi connectivity index (χ3n) is 3.62. The first kappa shape index (κ1) is 21.5. The van der Waals surface area contributed by atoms with Crippen molar-refractivity contribution in [3.63, 3.8) is 0 Å². The van der Waals surface area contributed by atoms with E-state index in [0.29, 0.717) is 16.4 Å². The molecule has 3 N–H and O–H groups in total. The van der Waals surface area contributed by atoms with Gasteiger partial charge in [0.1, 0.15) is 0 Å². The molecule has 0 bridgehead atoms. The number of thioether (sulfide) groups is 1. The van der Waals surface area contributed by atoms with Crippen LogP contribution in [-0.4, -0.2) is 28.1 Å². The fourth-order valence-corrected chi connectivity index (χ4v) is 3.30. The average Bonchev–Trinajstić information content (AvgIpc) is 2.63. The fourth-order valence-electron chi connectivity index (χ4n) is 2.20. The summed E-state index contributed by atoms with van der Waals surface area (Å²) in [5, 5.41) is 14.1.